The number of amides is 2. The van der Waals surface area contributed by atoms with Crippen LogP contribution in [0.15, 0.2) is 48.8 Å². The summed E-state index contributed by atoms with van der Waals surface area (Å²) in [5, 5.41) is 2.98. The van der Waals surface area contributed by atoms with Gasteiger partial charge in [-0.1, -0.05) is 23.8 Å². The highest BCUT2D eigenvalue weighted by atomic mass is 16.2. The van der Waals surface area contributed by atoms with Crippen molar-refractivity contribution in [2.75, 3.05) is 25.0 Å². The van der Waals surface area contributed by atoms with Crippen LogP contribution in [0.3, 0.4) is 0 Å². The number of carbonyl (C=O) groups is 2. The van der Waals surface area contributed by atoms with E-state index >= 15 is 0 Å². The molecule has 0 saturated carbocycles. The average molecular weight is 352 g/mol. The minimum absolute atomic E-state index is 0.0443. The highest BCUT2D eigenvalue weighted by Crippen LogP contribution is 2.21. The average Bonchev–Trinajstić information content (AvgIpc) is 2.96. The summed E-state index contributed by atoms with van der Waals surface area (Å²) in [4.78, 5) is 32.3. The van der Waals surface area contributed by atoms with E-state index in [0.29, 0.717) is 19.5 Å². The molecule has 0 unspecified atom stereocenters. The van der Waals surface area contributed by atoms with Crippen molar-refractivity contribution in [3.05, 3.63) is 59.9 Å². The molecule has 1 aliphatic rings. The fourth-order valence-electron chi connectivity index (χ4n) is 3.16. The first-order valence-electron chi connectivity index (χ1n) is 8.75. The van der Waals surface area contributed by atoms with Crippen molar-refractivity contribution >= 4 is 17.5 Å². The highest BCUT2D eigenvalue weighted by Gasteiger charge is 2.31. The van der Waals surface area contributed by atoms with Gasteiger partial charge in [0, 0.05) is 37.6 Å². The van der Waals surface area contributed by atoms with Crippen LogP contribution in [0.4, 0.5) is 5.69 Å². The number of aryl methyl sites for hydroxylation is 1. The van der Waals surface area contributed by atoms with Crippen molar-refractivity contribution in [1.29, 1.82) is 0 Å². The lowest BCUT2D eigenvalue weighted by atomic mass is 10.2. The van der Waals surface area contributed by atoms with Gasteiger partial charge in [-0.25, -0.2) is 0 Å². The molecule has 2 heterocycles. The molecule has 26 heavy (non-hydrogen) atoms. The van der Waals surface area contributed by atoms with Gasteiger partial charge in [0.2, 0.25) is 11.8 Å². The Morgan fingerprint density at radius 1 is 1.31 bits per heavy atom. The van der Waals surface area contributed by atoms with E-state index in [9.17, 15) is 9.59 Å². The summed E-state index contributed by atoms with van der Waals surface area (Å²) >= 11 is 0. The molecule has 0 bridgehead atoms. The second-order valence-electron chi connectivity index (χ2n) is 6.84. The van der Waals surface area contributed by atoms with Crippen molar-refractivity contribution in [1.82, 2.24) is 15.2 Å². The predicted octanol–water partition coefficient (Wildman–Crippen LogP) is 1.74. The van der Waals surface area contributed by atoms with Gasteiger partial charge < -0.3 is 10.2 Å². The number of rotatable bonds is 6. The highest BCUT2D eigenvalue weighted by molar-refractivity contribution is 5.96. The van der Waals surface area contributed by atoms with Crippen molar-refractivity contribution in [3.8, 4) is 0 Å². The fraction of sp³-hybridized carbons (Fsp3) is 0.350. The van der Waals surface area contributed by atoms with Crippen molar-refractivity contribution in [3.63, 3.8) is 0 Å². The number of pyridine rings is 1. The first-order chi connectivity index (χ1) is 12.5. The molecule has 1 fully saturated rings. The van der Waals surface area contributed by atoms with Crippen LogP contribution in [0.2, 0.25) is 0 Å². The van der Waals surface area contributed by atoms with Gasteiger partial charge in [-0.05, 0) is 37.7 Å². The van der Waals surface area contributed by atoms with Gasteiger partial charge in [0.05, 0.1) is 12.6 Å². The molecular formula is C20H24N4O2. The fourth-order valence-corrected chi connectivity index (χ4v) is 3.16. The number of carbonyl (C=O) groups excluding carboxylic acids is 2. The minimum atomic E-state index is -0.150. The Labute approximate surface area is 153 Å². The van der Waals surface area contributed by atoms with Gasteiger partial charge in [-0.2, -0.15) is 0 Å². The van der Waals surface area contributed by atoms with Gasteiger partial charge in [-0.3, -0.25) is 19.5 Å². The lowest BCUT2D eigenvalue weighted by molar-refractivity contribution is -0.122. The van der Waals surface area contributed by atoms with E-state index in [0.717, 1.165) is 16.8 Å². The van der Waals surface area contributed by atoms with E-state index in [1.807, 2.05) is 55.3 Å². The first-order valence-corrected chi connectivity index (χ1v) is 8.75. The number of hydrogen-bond acceptors (Lipinski definition) is 4. The normalized spacial score (nSPS) is 17.0. The molecule has 6 heteroatoms. The molecule has 6 nitrogen and oxygen atoms in total. The molecule has 0 radical (unpaired) electrons. The standard InChI is InChI=1S/C20H24N4O2/c1-15-5-7-18(8-6-15)24-13-17(10-20(24)26)22-19(25)14-23(2)12-16-4-3-9-21-11-16/h3-9,11,17H,10,12-14H2,1-2H3,(H,22,25)/t17-/m1/s1. The molecule has 3 rings (SSSR count). The molecule has 2 aromatic rings. The summed E-state index contributed by atoms with van der Waals surface area (Å²) in [5.41, 5.74) is 3.09. The lowest BCUT2D eigenvalue weighted by Crippen LogP contribution is -2.42. The molecular weight excluding hydrogens is 328 g/mol. The zero-order chi connectivity index (χ0) is 18.5. The van der Waals surface area contributed by atoms with E-state index in [1.165, 1.54) is 0 Å². The number of anilines is 1. The molecule has 2 amide bonds. The minimum Gasteiger partial charge on any atom is -0.350 e. The van der Waals surface area contributed by atoms with Crippen molar-refractivity contribution in [2.24, 2.45) is 0 Å². The number of nitrogens with zero attached hydrogens (tertiary/aromatic N) is 3. The Kier molecular flexibility index (Phi) is 5.63. The molecule has 1 aromatic heterocycles. The van der Waals surface area contributed by atoms with Crippen LogP contribution in [0.25, 0.3) is 0 Å². The number of aromatic nitrogens is 1. The summed E-state index contributed by atoms with van der Waals surface area (Å²) in [5.74, 6) is -0.0252. The Morgan fingerprint density at radius 3 is 2.77 bits per heavy atom. The van der Waals surface area contributed by atoms with Crippen molar-refractivity contribution in [2.45, 2.75) is 25.9 Å². The topological polar surface area (TPSA) is 65.5 Å². The SMILES string of the molecule is Cc1ccc(N2C[C@H](NC(=O)CN(C)Cc3cccnc3)CC2=O)cc1. The second kappa shape index (κ2) is 8.10. The molecule has 1 aromatic carbocycles. The van der Waals surface area contributed by atoms with E-state index in [1.54, 1.807) is 17.3 Å². The number of hydrogen-bond donors (Lipinski definition) is 1. The third-order valence-corrected chi connectivity index (χ3v) is 4.42. The van der Waals surface area contributed by atoms with Crippen LogP contribution >= 0.6 is 0 Å². The molecule has 1 saturated heterocycles. The molecule has 0 spiro atoms. The lowest BCUT2D eigenvalue weighted by Gasteiger charge is -2.19. The van der Waals surface area contributed by atoms with Crippen LogP contribution in [-0.4, -0.2) is 47.9 Å². The zero-order valence-electron chi connectivity index (χ0n) is 15.2. The van der Waals surface area contributed by atoms with Gasteiger partial charge >= 0.3 is 0 Å². The Morgan fingerprint density at radius 2 is 2.08 bits per heavy atom. The number of benzene rings is 1. The zero-order valence-corrected chi connectivity index (χ0v) is 15.2. The van der Waals surface area contributed by atoms with Crippen LogP contribution in [0.5, 0.6) is 0 Å². The monoisotopic (exact) mass is 352 g/mol. The molecule has 136 valence electrons. The number of likely N-dealkylation sites (N-methyl/N-ethyl adjacent to an activating group) is 1. The Balaban J connectivity index is 1.50. The van der Waals surface area contributed by atoms with Crippen molar-refractivity contribution < 1.29 is 9.59 Å². The maximum Gasteiger partial charge on any atom is 0.234 e. The van der Waals surface area contributed by atoms with Gasteiger partial charge in [-0.15, -0.1) is 0 Å². The van der Waals surface area contributed by atoms with Crippen LogP contribution in [0.1, 0.15) is 17.5 Å². The summed E-state index contributed by atoms with van der Waals surface area (Å²) in [6, 6.07) is 11.6. The summed E-state index contributed by atoms with van der Waals surface area (Å²) < 4.78 is 0. The maximum absolute atomic E-state index is 12.3. The van der Waals surface area contributed by atoms with E-state index in [4.69, 9.17) is 0 Å². The van der Waals surface area contributed by atoms with E-state index in [-0.39, 0.29) is 24.4 Å². The molecule has 1 aliphatic heterocycles. The summed E-state index contributed by atoms with van der Waals surface area (Å²) in [7, 11) is 1.89. The van der Waals surface area contributed by atoms with Crippen LogP contribution < -0.4 is 10.2 Å². The summed E-state index contributed by atoms with van der Waals surface area (Å²) in [6.45, 7) is 3.46. The number of nitrogens with one attached hydrogen (secondary N) is 1. The van der Waals surface area contributed by atoms with E-state index in [2.05, 4.69) is 10.3 Å². The first kappa shape index (κ1) is 18.1. The Bertz CT molecular complexity index is 761. The van der Waals surface area contributed by atoms with Gasteiger partial charge in [0.15, 0.2) is 0 Å². The third kappa shape index (κ3) is 4.67. The quantitative estimate of drug-likeness (QED) is 0.860. The van der Waals surface area contributed by atoms with E-state index < -0.39 is 0 Å². The summed E-state index contributed by atoms with van der Waals surface area (Å²) in [6.07, 6.45) is 3.86. The third-order valence-electron chi connectivity index (χ3n) is 4.42. The smallest absolute Gasteiger partial charge is 0.234 e. The predicted molar refractivity (Wildman–Crippen MR) is 101 cm³/mol. The van der Waals surface area contributed by atoms with Crippen LogP contribution in [0, 0.1) is 6.92 Å². The van der Waals surface area contributed by atoms with Gasteiger partial charge in [0.25, 0.3) is 0 Å². The molecule has 1 N–H and O–H groups in total. The second-order valence-corrected chi connectivity index (χ2v) is 6.84. The Hall–Kier alpha value is -2.73. The maximum atomic E-state index is 12.3. The largest absolute Gasteiger partial charge is 0.350 e. The molecule has 1 atom stereocenters. The van der Waals surface area contributed by atoms with Gasteiger partial charge in [0.1, 0.15) is 0 Å². The molecule has 0 aliphatic carbocycles. The van der Waals surface area contributed by atoms with Crippen LogP contribution in [-0.2, 0) is 16.1 Å².